The summed E-state index contributed by atoms with van der Waals surface area (Å²) in [6.45, 7) is 0. The number of hydrogen-bond acceptors (Lipinski definition) is 1. The quantitative estimate of drug-likeness (QED) is 0.663. The summed E-state index contributed by atoms with van der Waals surface area (Å²) in [5.41, 5.74) is 1.46. The molecule has 1 aliphatic heterocycles. The molecule has 3 rings (SSSR count). The first-order chi connectivity index (χ1) is 9.71. The smallest absolute Gasteiger partial charge is 0.0687 e. The van der Waals surface area contributed by atoms with E-state index in [-0.39, 0.29) is 5.60 Å². The van der Waals surface area contributed by atoms with Gasteiger partial charge in [0.05, 0.1) is 11.7 Å². The van der Waals surface area contributed by atoms with Crippen molar-refractivity contribution in [2.24, 2.45) is 0 Å². The molecule has 0 bridgehead atoms. The Bertz CT molecular complexity index is 454. The summed E-state index contributed by atoms with van der Waals surface area (Å²) in [6.07, 6.45) is 9.00. The highest BCUT2D eigenvalue weighted by Gasteiger charge is 2.42. The van der Waals surface area contributed by atoms with Crippen LogP contribution < -0.4 is 0 Å². The van der Waals surface area contributed by atoms with Gasteiger partial charge in [0.15, 0.2) is 0 Å². The van der Waals surface area contributed by atoms with Crippen molar-refractivity contribution in [1.29, 1.82) is 0 Å². The van der Waals surface area contributed by atoms with Gasteiger partial charge in [0.2, 0.25) is 0 Å². The lowest BCUT2D eigenvalue weighted by Crippen LogP contribution is -2.25. The summed E-state index contributed by atoms with van der Waals surface area (Å²) in [7, 11) is 0. The molecule has 0 N–H and O–H groups in total. The molecular weight excluding hydrogens is 291 g/mol. The number of alkyl halides is 1. The zero-order valence-corrected chi connectivity index (χ0v) is 13.3. The zero-order chi connectivity index (χ0) is 14.0. The molecule has 2 atom stereocenters. The fourth-order valence-electron chi connectivity index (χ4n) is 3.81. The van der Waals surface area contributed by atoms with Gasteiger partial charge in [-0.3, -0.25) is 0 Å². The molecule has 20 heavy (non-hydrogen) atoms. The number of ether oxygens (including phenoxy) is 1. The van der Waals surface area contributed by atoms with Crippen LogP contribution >= 0.6 is 23.2 Å². The van der Waals surface area contributed by atoms with E-state index in [4.69, 9.17) is 27.9 Å². The predicted molar refractivity (Wildman–Crippen MR) is 84.8 cm³/mol. The van der Waals surface area contributed by atoms with E-state index in [1.54, 1.807) is 0 Å². The van der Waals surface area contributed by atoms with Gasteiger partial charge in [0.1, 0.15) is 0 Å². The van der Waals surface area contributed by atoms with Crippen molar-refractivity contribution in [3.63, 3.8) is 0 Å². The van der Waals surface area contributed by atoms with E-state index in [9.17, 15) is 0 Å². The van der Waals surface area contributed by atoms with Crippen LogP contribution in [0.3, 0.4) is 0 Å². The third kappa shape index (κ3) is 3.16. The molecule has 0 radical (unpaired) electrons. The topological polar surface area (TPSA) is 9.23 Å². The SMILES string of the molecule is ClCC(CC1CCC2(CCCC2)O1)c1cccc(Cl)c1. The average molecular weight is 313 g/mol. The summed E-state index contributed by atoms with van der Waals surface area (Å²) < 4.78 is 6.40. The average Bonchev–Trinajstić information content (AvgIpc) is 3.07. The number of halogens is 2. The Hall–Kier alpha value is -0.240. The summed E-state index contributed by atoms with van der Waals surface area (Å²) in [6, 6.07) is 8.08. The van der Waals surface area contributed by atoms with Gasteiger partial charge in [-0.2, -0.15) is 0 Å². The van der Waals surface area contributed by atoms with Crippen molar-refractivity contribution >= 4 is 23.2 Å². The van der Waals surface area contributed by atoms with Crippen LogP contribution in [-0.4, -0.2) is 17.6 Å². The van der Waals surface area contributed by atoms with Crippen molar-refractivity contribution in [2.45, 2.75) is 62.6 Å². The van der Waals surface area contributed by atoms with Gasteiger partial charge in [-0.1, -0.05) is 36.6 Å². The molecule has 1 aromatic carbocycles. The van der Waals surface area contributed by atoms with Crippen molar-refractivity contribution < 1.29 is 4.74 Å². The third-order valence-electron chi connectivity index (χ3n) is 4.91. The fourth-order valence-corrected chi connectivity index (χ4v) is 4.32. The van der Waals surface area contributed by atoms with Crippen LogP contribution in [0, 0.1) is 0 Å². The Labute approximate surface area is 131 Å². The molecule has 2 unspecified atom stereocenters. The minimum absolute atomic E-state index is 0.218. The van der Waals surface area contributed by atoms with E-state index in [1.807, 2.05) is 18.2 Å². The molecule has 1 aliphatic carbocycles. The molecule has 1 spiro atoms. The number of benzene rings is 1. The molecule has 1 saturated carbocycles. The minimum Gasteiger partial charge on any atom is -0.372 e. The van der Waals surface area contributed by atoms with Crippen LogP contribution in [0.5, 0.6) is 0 Å². The number of hydrogen-bond donors (Lipinski definition) is 0. The van der Waals surface area contributed by atoms with E-state index < -0.39 is 0 Å². The first-order valence-electron chi connectivity index (χ1n) is 7.70. The summed E-state index contributed by atoms with van der Waals surface area (Å²) >= 11 is 12.3. The lowest BCUT2D eigenvalue weighted by Gasteiger charge is -2.25. The van der Waals surface area contributed by atoms with Gasteiger partial charge >= 0.3 is 0 Å². The molecule has 110 valence electrons. The fraction of sp³-hybridized carbons (Fsp3) is 0.647. The summed E-state index contributed by atoms with van der Waals surface area (Å²) in [5.74, 6) is 0.977. The lowest BCUT2D eigenvalue weighted by molar-refractivity contribution is -0.0405. The molecule has 0 aromatic heterocycles. The van der Waals surface area contributed by atoms with E-state index in [1.165, 1.54) is 44.1 Å². The second-order valence-electron chi connectivity index (χ2n) is 6.31. The van der Waals surface area contributed by atoms with Crippen LogP contribution in [0.15, 0.2) is 24.3 Å². The molecule has 1 nitrogen and oxygen atoms in total. The van der Waals surface area contributed by atoms with Gasteiger partial charge in [0, 0.05) is 10.9 Å². The number of rotatable bonds is 4. The molecule has 0 amide bonds. The normalized spacial score (nSPS) is 26.2. The highest BCUT2D eigenvalue weighted by molar-refractivity contribution is 6.30. The van der Waals surface area contributed by atoms with Crippen LogP contribution in [0.4, 0.5) is 0 Å². The van der Waals surface area contributed by atoms with Crippen molar-refractivity contribution in [2.75, 3.05) is 5.88 Å². The monoisotopic (exact) mass is 312 g/mol. The maximum atomic E-state index is 6.40. The van der Waals surface area contributed by atoms with E-state index >= 15 is 0 Å². The van der Waals surface area contributed by atoms with E-state index in [0.29, 0.717) is 17.9 Å². The zero-order valence-electron chi connectivity index (χ0n) is 11.8. The van der Waals surface area contributed by atoms with Crippen molar-refractivity contribution in [1.82, 2.24) is 0 Å². The van der Waals surface area contributed by atoms with Gasteiger partial charge in [0.25, 0.3) is 0 Å². The Morgan fingerprint density at radius 2 is 2.05 bits per heavy atom. The molecule has 1 aromatic rings. The van der Waals surface area contributed by atoms with Crippen LogP contribution in [-0.2, 0) is 4.74 Å². The van der Waals surface area contributed by atoms with Crippen LogP contribution in [0.1, 0.15) is 56.4 Å². The van der Waals surface area contributed by atoms with Crippen molar-refractivity contribution in [3.8, 4) is 0 Å². The molecule has 1 heterocycles. The molecule has 1 saturated heterocycles. The van der Waals surface area contributed by atoms with Gasteiger partial charge in [-0.05, 0) is 55.7 Å². The largest absolute Gasteiger partial charge is 0.372 e. The summed E-state index contributed by atoms with van der Waals surface area (Å²) in [4.78, 5) is 0. The molecular formula is C17H22Cl2O. The Kier molecular flexibility index (Phi) is 4.59. The first-order valence-corrected chi connectivity index (χ1v) is 8.61. The van der Waals surface area contributed by atoms with Crippen LogP contribution in [0.25, 0.3) is 0 Å². The van der Waals surface area contributed by atoms with Crippen LogP contribution in [0.2, 0.25) is 5.02 Å². The van der Waals surface area contributed by atoms with Crippen molar-refractivity contribution in [3.05, 3.63) is 34.9 Å². The Balaban J connectivity index is 1.64. The van der Waals surface area contributed by atoms with Gasteiger partial charge in [-0.25, -0.2) is 0 Å². The molecule has 2 fully saturated rings. The van der Waals surface area contributed by atoms with Gasteiger partial charge < -0.3 is 4.74 Å². The first kappa shape index (κ1) is 14.7. The highest BCUT2D eigenvalue weighted by atomic mass is 35.5. The Morgan fingerprint density at radius 1 is 1.25 bits per heavy atom. The highest BCUT2D eigenvalue weighted by Crippen LogP contribution is 2.45. The van der Waals surface area contributed by atoms with E-state index in [0.717, 1.165) is 11.4 Å². The standard InChI is InChI=1S/C17H22Cl2O/c18-12-14(13-4-3-5-15(19)10-13)11-16-6-9-17(20-16)7-1-2-8-17/h3-5,10,14,16H,1-2,6-9,11-12H2. The van der Waals surface area contributed by atoms with E-state index in [2.05, 4.69) is 6.07 Å². The second-order valence-corrected chi connectivity index (χ2v) is 7.06. The summed E-state index contributed by atoms with van der Waals surface area (Å²) in [5, 5.41) is 0.789. The maximum Gasteiger partial charge on any atom is 0.0687 e. The third-order valence-corrected chi connectivity index (χ3v) is 5.51. The molecule has 2 aliphatic rings. The second kappa shape index (κ2) is 6.25. The predicted octanol–water partition coefficient (Wildman–Crippen LogP) is 5.54. The Morgan fingerprint density at radius 3 is 2.75 bits per heavy atom. The maximum absolute atomic E-state index is 6.40. The van der Waals surface area contributed by atoms with Gasteiger partial charge in [-0.15, -0.1) is 11.6 Å². The molecule has 3 heteroatoms. The lowest BCUT2D eigenvalue weighted by atomic mass is 9.93. The minimum atomic E-state index is 0.218.